The molecule has 2 rings (SSSR count). The Balaban J connectivity index is 2.59. The second-order valence-electron chi connectivity index (χ2n) is 10.7. The average molecular weight is 592 g/mol. The summed E-state index contributed by atoms with van der Waals surface area (Å²) in [5.41, 5.74) is -0.0678. The summed E-state index contributed by atoms with van der Waals surface area (Å²) in [7, 11) is -2.45. The summed E-state index contributed by atoms with van der Waals surface area (Å²) in [4.78, 5) is 39.6. The van der Waals surface area contributed by atoms with Crippen LogP contribution in [0.2, 0.25) is 18.1 Å². The zero-order valence-corrected chi connectivity index (χ0v) is 24.7. The van der Waals surface area contributed by atoms with Crippen LogP contribution in [-0.2, 0) is 42.5 Å². The van der Waals surface area contributed by atoms with E-state index in [9.17, 15) is 27.6 Å². The first-order valence-corrected chi connectivity index (χ1v) is 15.4. The van der Waals surface area contributed by atoms with Crippen LogP contribution in [0.15, 0.2) is 35.3 Å². The highest BCUT2D eigenvalue weighted by molar-refractivity contribution is 6.74. The molecule has 1 saturated heterocycles. The van der Waals surface area contributed by atoms with Crippen molar-refractivity contribution in [3.05, 3.63) is 30.3 Å². The highest BCUT2D eigenvalue weighted by atomic mass is 28.4. The van der Waals surface area contributed by atoms with Crippen LogP contribution < -0.4 is 0 Å². The van der Waals surface area contributed by atoms with E-state index in [1.165, 1.54) is 24.3 Å². The molecule has 1 unspecified atom stereocenters. The first-order chi connectivity index (χ1) is 18.3. The lowest BCUT2D eigenvalue weighted by Gasteiger charge is -2.45. The van der Waals surface area contributed by atoms with E-state index in [0.717, 1.165) is 20.8 Å². The van der Waals surface area contributed by atoms with Crippen molar-refractivity contribution in [3.8, 4) is 0 Å². The number of nitrogens with zero attached hydrogens (tertiary/aromatic N) is 1. The molecule has 10 nitrogen and oxygen atoms in total. The Labute approximate surface area is 232 Å². The quantitative estimate of drug-likeness (QED) is 0.138. The van der Waals surface area contributed by atoms with E-state index in [-0.39, 0.29) is 17.3 Å². The third kappa shape index (κ3) is 9.30. The normalized spacial score (nSPS) is 24.2. The Morgan fingerprint density at radius 3 is 1.82 bits per heavy atom. The van der Waals surface area contributed by atoms with Crippen LogP contribution in [0, 0.1) is 0 Å². The summed E-state index contributed by atoms with van der Waals surface area (Å²) in [6.07, 6.45) is -13.1. The van der Waals surface area contributed by atoms with Crippen molar-refractivity contribution in [3.63, 3.8) is 0 Å². The molecule has 0 bridgehead atoms. The molecule has 0 saturated carbocycles. The fourth-order valence-electron chi connectivity index (χ4n) is 3.48. The number of esters is 3. The molecule has 1 aromatic rings. The molecule has 0 amide bonds. The highest BCUT2D eigenvalue weighted by Gasteiger charge is 2.55. The summed E-state index contributed by atoms with van der Waals surface area (Å²) >= 11 is 0. The first-order valence-electron chi connectivity index (χ1n) is 12.5. The third-order valence-corrected chi connectivity index (χ3v) is 10.9. The fourth-order valence-corrected chi connectivity index (χ4v) is 4.49. The zero-order chi connectivity index (χ0) is 30.5. The minimum Gasteiger partial charge on any atom is -0.456 e. The van der Waals surface area contributed by atoms with Crippen molar-refractivity contribution in [2.24, 2.45) is 4.99 Å². The summed E-state index contributed by atoms with van der Waals surface area (Å²) in [5, 5.41) is -0.254. The Hall–Kier alpha value is -2.97. The second-order valence-corrected chi connectivity index (χ2v) is 15.5. The number of benzene rings is 1. The zero-order valence-electron chi connectivity index (χ0n) is 23.7. The number of alkyl halides is 3. The van der Waals surface area contributed by atoms with E-state index in [1.807, 2.05) is 33.9 Å². The third-order valence-electron chi connectivity index (χ3n) is 6.37. The van der Waals surface area contributed by atoms with Crippen molar-refractivity contribution in [1.82, 2.24) is 0 Å². The molecule has 14 heteroatoms. The smallest absolute Gasteiger partial charge is 0.456 e. The number of hydrogen-bond donors (Lipinski definition) is 0. The van der Waals surface area contributed by atoms with Crippen LogP contribution in [0.5, 0.6) is 0 Å². The Morgan fingerprint density at radius 1 is 0.850 bits per heavy atom. The number of aliphatic imine (C=N–C) groups is 1. The summed E-state index contributed by atoms with van der Waals surface area (Å²) < 4.78 is 75.4. The molecule has 5 atom stereocenters. The minimum absolute atomic E-state index is 0.0678. The molecule has 1 aromatic carbocycles. The topological polar surface area (TPSA) is 119 Å². The fraction of sp³-hybridized carbons (Fsp3) is 0.615. The van der Waals surface area contributed by atoms with E-state index in [1.54, 1.807) is 6.07 Å². The van der Waals surface area contributed by atoms with E-state index in [4.69, 9.17) is 28.1 Å². The molecular formula is C26H36F3NO9Si. The lowest BCUT2D eigenvalue weighted by molar-refractivity contribution is -0.293. The molecule has 0 aromatic heterocycles. The van der Waals surface area contributed by atoms with Gasteiger partial charge in [-0.25, -0.2) is 4.99 Å². The molecule has 1 aliphatic heterocycles. The van der Waals surface area contributed by atoms with Gasteiger partial charge in [0.15, 0.2) is 20.5 Å². The van der Waals surface area contributed by atoms with Gasteiger partial charge in [-0.1, -0.05) is 39.0 Å². The lowest BCUT2D eigenvalue weighted by atomic mass is 9.98. The van der Waals surface area contributed by atoms with Gasteiger partial charge in [0.2, 0.25) is 12.4 Å². The lowest BCUT2D eigenvalue weighted by Crippen LogP contribution is -2.64. The number of para-hydroxylation sites is 1. The predicted octanol–water partition coefficient (Wildman–Crippen LogP) is 4.84. The van der Waals surface area contributed by atoms with Gasteiger partial charge in [-0.2, -0.15) is 13.2 Å². The van der Waals surface area contributed by atoms with Gasteiger partial charge < -0.3 is 28.1 Å². The number of carbonyl (C=O) groups is 3. The monoisotopic (exact) mass is 591 g/mol. The Kier molecular flexibility index (Phi) is 10.9. The van der Waals surface area contributed by atoms with Crippen LogP contribution in [0.1, 0.15) is 41.5 Å². The SMILES string of the molecule is CC(=O)O[C@H]1[C@H](OC(C)=O)[C@@H](OC(C)=O)C(OC(=Nc2ccccc2)C(F)(F)F)O[C@@H]1CO[Si](C)(C)C(C)(C)C. The standard InChI is InChI=1S/C26H36F3NO9Si/c1-15(31)35-20-19(14-34-40(7,8)25(4,5)6)38-23(22(37-17(3)33)21(20)36-16(2)32)39-24(26(27,28)29)30-18-12-10-9-11-13-18/h9-13,19-23H,14H2,1-8H3/t19-,20-,21+,22-,23?/m1/s1. The molecule has 40 heavy (non-hydrogen) atoms. The number of ether oxygens (including phenoxy) is 5. The molecule has 224 valence electrons. The molecule has 1 fully saturated rings. The van der Waals surface area contributed by atoms with E-state index in [2.05, 4.69) is 4.99 Å². The molecule has 1 heterocycles. The average Bonchev–Trinajstić information content (AvgIpc) is 2.79. The van der Waals surface area contributed by atoms with Gasteiger partial charge >= 0.3 is 24.1 Å². The number of rotatable bonds is 8. The van der Waals surface area contributed by atoms with Gasteiger partial charge in [-0.15, -0.1) is 0 Å². The van der Waals surface area contributed by atoms with Gasteiger partial charge in [0.1, 0.15) is 6.10 Å². The second kappa shape index (κ2) is 13.1. The van der Waals surface area contributed by atoms with E-state index in [0.29, 0.717) is 0 Å². The van der Waals surface area contributed by atoms with Crippen molar-refractivity contribution in [2.45, 2.75) is 96.6 Å². The Bertz CT molecular complexity index is 1070. The van der Waals surface area contributed by atoms with Crippen LogP contribution in [0.4, 0.5) is 18.9 Å². The van der Waals surface area contributed by atoms with Crippen molar-refractivity contribution < 1.29 is 55.7 Å². The van der Waals surface area contributed by atoms with E-state index < -0.39 is 69.0 Å². The predicted molar refractivity (Wildman–Crippen MR) is 139 cm³/mol. The van der Waals surface area contributed by atoms with Gasteiger partial charge in [0, 0.05) is 20.8 Å². The van der Waals surface area contributed by atoms with Crippen LogP contribution >= 0.6 is 0 Å². The molecule has 1 aliphatic rings. The molecular weight excluding hydrogens is 555 g/mol. The van der Waals surface area contributed by atoms with Crippen molar-refractivity contribution in [2.75, 3.05) is 6.61 Å². The van der Waals surface area contributed by atoms with Gasteiger partial charge in [0.25, 0.3) is 5.90 Å². The maximum Gasteiger partial charge on any atom is 0.468 e. The van der Waals surface area contributed by atoms with Crippen LogP contribution in [0.3, 0.4) is 0 Å². The minimum atomic E-state index is -5.09. The summed E-state index contributed by atoms with van der Waals surface area (Å²) in [6, 6.07) is 7.23. The summed E-state index contributed by atoms with van der Waals surface area (Å²) in [6.45, 7) is 12.7. The van der Waals surface area contributed by atoms with Crippen LogP contribution in [0.25, 0.3) is 0 Å². The largest absolute Gasteiger partial charge is 0.468 e. The Morgan fingerprint density at radius 2 is 1.35 bits per heavy atom. The van der Waals surface area contributed by atoms with Gasteiger partial charge in [-0.05, 0) is 30.3 Å². The van der Waals surface area contributed by atoms with Crippen LogP contribution in [-0.4, -0.2) is 75.6 Å². The molecule has 0 radical (unpaired) electrons. The number of halogens is 3. The highest BCUT2D eigenvalue weighted by Crippen LogP contribution is 2.38. The first kappa shape index (κ1) is 33.2. The number of hydrogen-bond acceptors (Lipinski definition) is 10. The molecule has 0 aliphatic carbocycles. The van der Waals surface area contributed by atoms with Gasteiger partial charge in [-0.3, -0.25) is 14.4 Å². The number of carbonyl (C=O) groups excluding carboxylic acids is 3. The maximum atomic E-state index is 14.0. The van der Waals surface area contributed by atoms with E-state index >= 15 is 0 Å². The van der Waals surface area contributed by atoms with Crippen molar-refractivity contribution in [1.29, 1.82) is 0 Å². The molecule has 0 N–H and O–H groups in total. The summed E-state index contributed by atoms with van der Waals surface area (Å²) in [5.74, 6) is -4.31. The molecule has 0 spiro atoms. The van der Waals surface area contributed by atoms with Crippen molar-refractivity contribution >= 4 is 37.8 Å². The van der Waals surface area contributed by atoms with Gasteiger partial charge in [0.05, 0.1) is 12.3 Å². The maximum absolute atomic E-state index is 14.0.